The Hall–Kier alpha value is -2.16. The van der Waals surface area contributed by atoms with Gasteiger partial charge in [0.2, 0.25) is 0 Å². The Balaban J connectivity index is 1.67. The lowest BCUT2D eigenvalue weighted by Gasteiger charge is -2.36. The number of hydrogen-bond acceptors (Lipinski definition) is 4. The molecule has 0 saturated carbocycles. The van der Waals surface area contributed by atoms with Crippen LogP contribution in [0.2, 0.25) is 0 Å². The van der Waals surface area contributed by atoms with Gasteiger partial charge in [0.15, 0.2) is 0 Å². The van der Waals surface area contributed by atoms with Crippen LogP contribution in [0.3, 0.4) is 0 Å². The first-order valence-electron chi connectivity index (χ1n) is 7.26. The predicted molar refractivity (Wildman–Crippen MR) is 80.5 cm³/mol. The number of benzene rings is 1. The minimum atomic E-state index is 0.468. The van der Waals surface area contributed by atoms with Crippen molar-refractivity contribution in [2.24, 2.45) is 0 Å². The first-order chi connectivity index (χ1) is 10.3. The number of aromatic nitrogens is 2. The highest BCUT2D eigenvalue weighted by molar-refractivity contribution is 5.32. The molecule has 1 fully saturated rings. The van der Waals surface area contributed by atoms with Crippen LogP contribution in [-0.4, -0.2) is 40.5 Å². The van der Waals surface area contributed by atoms with Crippen LogP contribution < -0.4 is 5.32 Å². The third-order valence-corrected chi connectivity index (χ3v) is 3.95. The van der Waals surface area contributed by atoms with E-state index in [1.165, 1.54) is 5.56 Å². The van der Waals surface area contributed by atoms with Crippen molar-refractivity contribution in [3.63, 3.8) is 0 Å². The van der Waals surface area contributed by atoms with Crippen molar-refractivity contribution in [3.8, 4) is 6.07 Å². The molecule has 108 valence electrons. The fourth-order valence-corrected chi connectivity index (χ4v) is 2.79. The van der Waals surface area contributed by atoms with Gasteiger partial charge in [-0.1, -0.05) is 12.1 Å². The van der Waals surface area contributed by atoms with Crippen LogP contribution in [0.15, 0.2) is 36.8 Å². The SMILES string of the molecule is N#Cc1ccc(CC2CNCCN2Cc2cnc[nH]2)cc1. The average molecular weight is 281 g/mol. The molecule has 1 atom stereocenters. The van der Waals surface area contributed by atoms with Gasteiger partial charge in [-0.15, -0.1) is 0 Å². The van der Waals surface area contributed by atoms with Gasteiger partial charge in [-0.05, 0) is 24.1 Å². The number of nitrogens with zero attached hydrogens (tertiary/aromatic N) is 3. The van der Waals surface area contributed by atoms with Gasteiger partial charge in [-0.3, -0.25) is 4.90 Å². The highest BCUT2D eigenvalue weighted by Gasteiger charge is 2.22. The van der Waals surface area contributed by atoms with Crippen molar-refractivity contribution in [3.05, 3.63) is 53.6 Å². The van der Waals surface area contributed by atoms with Gasteiger partial charge in [0.1, 0.15) is 0 Å². The lowest BCUT2D eigenvalue weighted by molar-refractivity contribution is 0.150. The summed E-state index contributed by atoms with van der Waals surface area (Å²) in [6, 6.07) is 10.5. The van der Waals surface area contributed by atoms with E-state index in [0.29, 0.717) is 6.04 Å². The Kier molecular flexibility index (Phi) is 4.29. The van der Waals surface area contributed by atoms with Crippen molar-refractivity contribution < 1.29 is 0 Å². The van der Waals surface area contributed by atoms with Gasteiger partial charge >= 0.3 is 0 Å². The number of H-pyrrole nitrogens is 1. The molecule has 1 aliphatic rings. The summed E-state index contributed by atoms with van der Waals surface area (Å²) in [6.07, 6.45) is 4.61. The molecular weight excluding hydrogens is 262 g/mol. The van der Waals surface area contributed by atoms with Gasteiger partial charge in [0, 0.05) is 44.1 Å². The second-order valence-corrected chi connectivity index (χ2v) is 5.42. The average Bonchev–Trinajstić information content (AvgIpc) is 3.03. The molecular formula is C16H19N5. The monoisotopic (exact) mass is 281 g/mol. The fraction of sp³-hybridized carbons (Fsp3) is 0.375. The highest BCUT2D eigenvalue weighted by Crippen LogP contribution is 2.14. The minimum Gasteiger partial charge on any atom is -0.347 e. The van der Waals surface area contributed by atoms with E-state index in [0.717, 1.165) is 43.9 Å². The van der Waals surface area contributed by atoms with Crippen molar-refractivity contribution in [2.45, 2.75) is 19.0 Å². The molecule has 0 amide bonds. The Labute approximate surface area is 124 Å². The van der Waals surface area contributed by atoms with Gasteiger partial charge < -0.3 is 10.3 Å². The molecule has 5 heteroatoms. The van der Waals surface area contributed by atoms with Gasteiger partial charge in [-0.2, -0.15) is 5.26 Å². The predicted octanol–water partition coefficient (Wildman–Crippen LogP) is 1.30. The van der Waals surface area contributed by atoms with Crippen LogP contribution in [0.4, 0.5) is 0 Å². The molecule has 0 spiro atoms. The van der Waals surface area contributed by atoms with Crippen molar-refractivity contribution in [1.29, 1.82) is 5.26 Å². The molecule has 1 unspecified atom stereocenters. The summed E-state index contributed by atoms with van der Waals surface area (Å²) in [7, 11) is 0. The molecule has 0 radical (unpaired) electrons. The third kappa shape index (κ3) is 3.48. The van der Waals surface area contributed by atoms with Crippen LogP contribution in [0, 0.1) is 11.3 Å². The third-order valence-electron chi connectivity index (χ3n) is 3.95. The van der Waals surface area contributed by atoms with Gasteiger partial charge in [-0.25, -0.2) is 4.98 Å². The summed E-state index contributed by atoms with van der Waals surface area (Å²) in [4.78, 5) is 9.75. The maximum Gasteiger partial charge on any atom is 0.0991 e. The smallest absolute Gasteiger partial charge is 0.0991 e. The van der Waals surface area contributed by atoms with Crippen LogP contribution in [0.25, 0.3) is 0 Å². The summed E-state index contributed by atoms with van der Waals surface area (Å²) in [5.41, 5.74) is 3.15. The maximum atomic E-state index is 8.86. The minimum absolute atomic E-state index is 0.468. The second-order valence-electron chi connectivity index (χ2n) is 5.42. The van der Waals surface area contributed by atoms with Crippen LogP contribution >= 0.6 is 0 Å². The summed E-state index contributed by atoms with van der Waals surface area (Å²) < 4.78 is 0. The van der Waals surface area contributed by atoms with Crippen LogP contribution in [0.5, 0.6) is 0 Å². The van der Waals surface area contributed by atoms with E-state index in [9.17, 15) is 0 Å². The Morgan fingerprint density at radius 3 is 2.90 bits per heavy atom. The zero-order valence-electron chi connectivity index (χ0n) is 11.9. The van der Waals surface area contributed by atoms with E-state index < -0.39 is 0 Å². The van der Waals surface area contributed by atoms with E-state index in [1.54, 1.807) is 6.33 Å². The molecule has 2 aromatic rings. The summed E-state index contributed by atoms with van der Waals surface area (Å²) in [5.74, 6) is 0. The van der Waals surface area contributed by atoms with E-state index in [-0.39, 0.29) is 0 Å². The molecule has 2 heterocycles. The molecule has 0 aliphatic carbocycles. The number of aromatic amines is 1. The van der Waals surface area contributed by atoms with Gasteiger partial charge in [0.05, 0.1) is 18.0 Å². The summed E-state index contributed by atoms with van der Waals surface area (Å²) in [6.45, 7) is 3.97. The maximum absolute atomic E-state index is 8.86. The zero-order chi connectivity index (χ0) is 14.5. The number of hydrogen-bond donors (Lipinski definition) is 2. The Morgan fingerprint density at radius 1 is 1.33 bits per heavy atom. The Bertz CT molecular complexity index is 597. The van der Waals surface area contributed by atoms with Gasteiger partial charge in [0.25, 0.3) is 0 Å². The number of piperazine rings is 1. The molecule has 2 N–H and O–H groups in total. The summed E-state index contributed by atoms with van der Waals surface area (Å²) in [5, 5.41) is 12.3. The quantitative estimate of drug-likeness (QED) is 0.886. The lowest BCUT2D eigenvalue weighted by atomic mass is 10.0. The van der Waals surface area contributed by atoms with Crippen LogP contribution in [-0.2, 0) is 13.0 Å². The van der Waals surface area contributed by atoms with Crippen molar-refractivity contribution in [2.75, 3.05) is 19.6 Å². The zero-order valence-corrected chi connectivity index (χ0v) is 11.9. The number of rotatable bonds is 4. The lowest BCUT2D eigenvalue weighted by Crippen LogP contribution is -2.51. The number of imidazole rings is 1. The number of nitriles is 1. The highest BCUT2D eigenvalue weighted by atomic mass is 15.2. The van der Waals surface area contributed by atoms with Crippen molar-refractivity contribution in [1.82, 2.24) is 20.2 Å². The Morgan fingerprint density at radius 2 is 2.19 bits per heavy atom. The first-order valence-corrected chi connectivity index (χ1v) is 7.26. The van der Waals surface area contributed by atoms with E-state index in [2.05, 4.69) is 38.4 Å². The topological polar surface area (TPSA) is 67.7 Å². The molecule has 1 aromatic heterocycles. The largest absolute Gasteiger partial charge is 0.347 e. The molecule has 3 rings (SSSR count). The van der Waals surface area contributed by atoms with Crippen LogP contribution in [0.1, 0.15) is 16.8 Å². The molecule has 5 nitrogen and oxygen atoms in total. The fourth-order valence-electron chi connectivity index (χ4n) is 2.79. The number of nitrogens with one attached hydrogen (secondary N) is 2. The standard InChI is InChI=1S/C16H19N5/c17-8-14-3-1-13(2-4-14)7-16-10-18-5-6-21(16)11-15-9-19-12-20-15/h1-4,9,12,16,18H,5-7,10-11H2,(H,19,20). The normalized spacial score (nSPS) is 19.3. The molecule has 21 heavy (non-hydrogen) atoms. The first kappa shape index (κ1) is 13.8. The second kappa shape index (κ2) is 6.53. The summed E-state index contributed by atoms with van der Waals surface area (Å²) >= 11 is 0. The molecule has 1 aliphatic heterocycles. The van der Waals surface area contributed by atoms with E-state index in [4.69, 9.17) is 5.26 Å². The van der Waals surface area contributed by atoms with E-state index in [1.807, 2.05) is 18.3 Å². The molecule has 1 aromatic carbocycles. The molecule has 1 saturated heterocycles. The molecule has 0 bridgehead atoms. The van der Waals surface area contributed by atoms with Crippen molar-refractivity contribution >= 4 is 0 Å². The van der Waals surface area contributed by atoms with E-state index >= 15 is 0 Å².